The summed E-state index contributed by atoms with van der Waals surface area (Å²) in [6.45, 7) is 3.53. The van der Waals surface area contributed by atoms with Gasteiger partial charge in [0.05, 0.1) is 16.6 Å². The van der Waals surface area contributed by atoms with E-state index < -0.39 is 11.7 Å². The van der Waals surface area contributed by atoms with Crippen LogP contribution in [0.25, 0.3) is 11.0 Å². The van der Waals surface area contributed by atoms with Crippen LogP contribution < -0.4 is 10.2 Å². The quantitative estimate of drug-likeness (QED) is 0.648. The normalized spacial score (nSPS) is 17.8. The zero-order chi connectivity index (χ0) is 21.4. The molecule has 0 radical (unpaired) electrons. The largest absolute Gasteiger partial charge is 0.416 e. The standard InChI is InChI=1S/C23H24F3N5/c24-23(25,26)17-5-3-4-16(14-17)15-30-10-12-31(13-11-30)22-21(27-18-8-9-18)28-19-6-1-2-7-20(19)29-22/h1-7,14,18H,8-13,15H2,(H,27,28). The van der Waals surface area contributed by atoms with Gasteiger partial charge in [0.25, 0.3) is 0 Å². The molecule has 0 atom stereocenters. The first kappa shape index (κ1) is 20.1. The lowest BCUT2D eigenvalue weighted by Gasteiger charge is -2.36. The molecule has 0 bridgehead atoms. The summed E-state index contributed by atoms with van der Waals surface area (Å²) < 4.78 is 39.0. The molecule has 1 saturated carbocycles. The number of nitrogens with zero attached hydrogens (tertiary/aromatic N) is 4. The SMILES string of the molecule is FC(F)(F)c1cccc(CN2CCN(c3nc4ccccc4nc3NC3CC3)CC2)c1. The molecule has 0 amide bonds. The molecule has 2 aliphatic rings. The number of piperazine rings is 1. The molecule has 5 nitrogen and oxygen atoms in total. The molecule has 1 aromatic heterocycles. The summed E-state index contributed by atoms with van der Waals surface area (Å²) in [7, 11) is 0. The van der Waals surface area contributed by atoms with Crippen LogP contribution in [0.3, 0.4) is 0 Å². The van der Waals surface area contributed by atoms with Gasteiger partial charge in [0.1, 0.15) is 0 Å². The van der Waals surface area contributed by atoms with Crippen molar-refractivity contribution in [3.63, 3.8) is 0 Å². The minimum Gasteiger partial charge on any atom is -0.364 e. The number of alkyl halides is 3. The van der Waals surface area contributed by atoms with E-state index in [0.717, 1.165) is 67.8 Å². The van der Waals surface area contributed by atoms with E-state index in [1.807, 2.05) is 24.3 Å². The highest BCUT2D eigenvalue weighted by Crippen LogP contribution is 2.32. The molecular formula is C23H24F3N5. The van der Waals surface area contributed by atoms with Crippen molar-refractivity contribution in [1.29, 1.82) is 0 Å². The lowest BCUT2D eigenvalue weighted by Crippen LogP contribution is -2.46. The summed E-state index contributed by atoms with van der Waals surface area (Å²) in [5.41, 5.74) is 1.83. The molecule has 8 heteroatoms. The van der Waals surface area contributed by atoms with Gasteiger partial charge < -0.3 is 10.2 Å². The first-order valence-electron chi connectivity index (χ1n) is 10.6. The van der Waals surface area contributed by atoms with Crippen LogP contribution in [0.1, 0.15) is 24.0 Å². The number of benzene rings is 2. The van der Waals surface area contributed by atoms with Crippen LogP contribution in [-0.2, 0) is 12.7 Å². The fraction of sp³-hybridized carbons (Fsp3) is 0.391. The van der Waals surface area contributed by atoms with E-state index in [-0.39, 0.29) is 0 Å². The molecule has 162 valence electrons. The molecule has 1 N–H and O–H groups in total. The number of fused-ring (bicyclic) bond motifs is 1. The number of rotatable bonds is 5. The third-order valence-electron chi connectivity index (χ3n) is 5.80. The van der Waals surface area contributed by atoms with E-state index in [4.69, 9.17) is 9.97 Å². The highest BCUT2D eigenvalue weighted by atomic mass is 19.4. The summed E-state index contributed by atoms with van der Waals surface area (Å²) >= 11 is 0. The van der Waals surface area contributed by atoms with Crippen molar-refractivity contribution in [2.75, 3.05) is 36.4 Å². The van der Waals surface area contributed by atoms with Gasteiger partial charge >= 0.3 is 6.18 Å². The highest BCUT2D eigenvalue weighted by Gasteiger charge is 2.31. The lowest BCUT2D eigenvalue weighted by molar-refractivity contribution is -0.137. The predicted octanol–water partition coefficient (Wildman–Crippen LogP) is 4.55. The first-order valence-corrected chi connectivity index (χ1v) is 10.6. The summed E-state index contributed by atoms with van der Waals surface area (Å²) in [5, 5.41) is 3.51. The Balaban J connectivity index is 1.30. The summed E-state index contributed by atoms with van der Waals surface area (Å²) in [6.07, 6.45) is -2.01. The minimum atomic E-state index is -4.31. The van der Waals surface area contributed by atoms with Gasteiger partial charge in [-0.2, -0.15) is 13.2 Å². The van der Waals surface area contributed by atoms with Crippen LogP contribution in [0.2, 0.25) is 0 Å². The van der Waals surface area contributed by atoms with Crippen LogP contribution in [-0.4, -0.2) is 47.1 Å². The maximum absolute atomic E-state index is 13.0. The lowest BCUT2D eigenvalue weighted by atomic mass is 10.1. The average molecular weight is 427 g/mol. The molecule has 31 heavy (non-hydrogen) atoms. The van der Waals surface area contributed by atoms with Gasteiger partial charge in [-0.05, 0) is 36.6 Å². The Morgan fingerprint density at radius 2 is 1.61 bits per heavy atom. The number of hydrogen-bond acceptors (Lipinski definition) is 5. The Morgan fingerprint density at radius 1 is 0.903 bits per heavy atom. The van der Waals surface area contributed by atoms with E-state index in [0.29, 0.717) is 18.2 Å². The van der Waals surface area contributed by atoms with Crippen LogP contribution in [0.4, 0.5) is 24.8 Å². The number of hydrogen-bond donors (Lipinski definition) is 1. The molecule has 1 aliphatic heterocycles. The summed E-state index contributed by atoms with van der Waals surface area (Å²) in [4.78, 5) is 14.1. The molecule has 0 unspecified atom stereocenters. The molecule has 2 aromatic carbocycles. The molecule has 2 heterocycles. The van der Waals surface area contributed by atoms with Crippen molar-refractivity contribution < 1.29 is 13.2 Å². The van der Waals surface area contributed by atoms with Crippen molar-refractivity contribution >= 4 is 22.7 Å². The van der Waals surface area contributed by atoms with Crippen molar-refractivity contribution in [2.45, 2.75) is 31.6 Å². The van der Waals surface area contributed by atoms with E-state index in [1.54, 1.807) is 6.07 Å². The summed E-state index contributed by atoms with van der Waals surface area (Å²) in [6, 6.07) is 13.9. The van der Waals surface area contributed by atoms with Crippen molar-refractivity contribution in [3.8, 4) is 0 Å². The predicted molar refractivity (Wildman–Crippen MR) is 115 cm³/mol. The fourth-order valence-corrected chi connectivity index (χ4v) is 3.95. The number of aromatic nitrogens is 2. The van der Waals surface area contributed by atoms with Crippen LogP contribution >= 0.6 is 0 Å². The zero-order valence-corrected chi connectivity index (χ0v) is 17.1. The van der Waals surface area contributed by atoms with Gasteiger partial charge in [-0.1, -0.05) is 30.3 Å². The maximum atomic E-state index is 13.0. The number of para-hydroxylation sites is 2. The smallest absolute Gasteiger partial charge is 0.364 e. The zero-order valence-electron chi connectivity index (χ0n) is 17.1. The monoisotopic (exact) mass is 427 g/mol. The Labute approximate surface area is 178 Å². The minimum absolute atomic E-state index is 0.469. The Morgan fingerprint density at radius 3 is 2.29 bits per heavy atom. The fourth-order valence-electron chi connectivity index (χ4n) is 3.95. The molecule has 3 aromatic rings. The van der Waals surface area contributed by atoms with Gasteiger partial charge in [0.15, 0.2) is 11.6 Å². The van der Waals surface area contributed by atoms with E-state index in [9.17, 15) is 13.2 Å². The second-order valence-corrected chi connectivity index (χ2v) is 8.26. The van der Waals surface area contributed by atoms with E-state index >= 15 is 0 Å². The van der Waals surface area contributed by atoms with Gasteiger partial charge in [-0.15, -0.1) is 0 Å². The Kier molecular flexibility index (Phi) is 5.17. The molecular weight excluding hydrogens is 403 g/mol. The van der Waals surface area contributed by atoms with Crippen LogP contribution in [0.5, 0.6) is 0 Å². The topological polar surface area (TPSA) is 44.3 Å². The molecule has 5 rings (SSSR count). The number of anilines is 2. The van der Waals surface area contributed by atoms with Gasteiger partial charge in [0, 0.05) is 38.8 Å². The molecule has 0 spiro atoms. The third-order valence-corrected chi connectivity index (χ3v) is 5.80. The Bertz CT molecular complexity index is 1070. The highest BCUT2D eigenvalue weighted by molar-refractivity contribution is 5.80. The van der Waals surface area contributed by atoms with Crippen molar-refractivity contribution in [1.82, 2.24) is 14.9 Å². The van der Waals surface area contributed by atoms with Crippen LogP contribution in [0, 0.1) is 0 Å². The maximum Gasteiger partial charge on any atom is 0.416 e. The summed E-state index contributed by atoms with van der Waals surface area (Å²) in [5.74, 6) is 1.69. The third kappa shape index (κ3) is 4.58. The second kappa shape index (κ2) is 8.00. The molecule has 2 fully saturated rings. The average Bonchev–Trinajstić information content (AvgIpc) is 3.58. The molecule has 1 aliphatic carbocycles. The first-order chi connectivity index (χ1) is 15.0. The number of nitrogens with one attached hydrogen (secondary N) is 1. The van der Waals surface area contributed by atoms with E-state index in [2.05, 4.69) is 15.1 Å². The number of halogens is 3. The Hall–Kier alpha value is -2.87. The van der Waals surface area contributed by atoms with Crippen LogP contribution in [0.15, 0.2) is 48.5 Å². The van der Waals surface area contributed by atoms with Gasteiger partial charge in [0.2, 0.25) is 0 Å². The van der Waals surface area contributed by atoms with E-state index in [1.165, 1.54) is 12.1 Å². The molecule has 1 saturated heterocycles. The van der Waals surface area contributed by atoms with Crippen molar-refractivity contribution in [2.24, 2.45) is 0 Å². The van der Waals surface area contributed by atoms with Crippen molar-refractivity contribution in [3.05, 3.63) is 59.7 Å². The van der Waals surface area contributed by atoms with Gasteiger partial charge in [-0.25, -0.2) is 9.97 Å². The second-order valence-electron chi connectivity index (χ2n) is 8.26. The van der Waals surface area contributed by atoms with Gasteiger partial charge in [-0.3, -0.25) is 4.90 Å².